The highest BCUT2D eigenvalue weighted by Crippen LogP contribution is 2.42. The van der Waals surface area contributed by atoms with Crippen molar-refractivity contribution in [1.82, 2.24) is 9.80 Å². The highest BCUT2D eigenvalue weighted by atomic mass is 127. The third-order valence-electron chi connectivity index (χ3n) is 3.90. The molecule has 0 N–H and O–H groups in total. The standard InChI is InChI=1S/C8H12N4O4.CH3I/c13-11(14)7-1-8(12(15)16)4-9(2-7)6-10(3-7)5-8;1-2/h1-6H2;1H3. The van der Waals surface area contributed by atoms with Gasteiger partial charge in [-0.25, -0.2) is 0 Å². The van der Waals surface area contributed by atoms with E-state index in [1.807, 2.05) is 14.7 Å². The van der Waals surface area contributed by atoms with Crippen molar-refractivity contribution < 1.29 is 9.85 Å². The van der Waals surface area contributed by atoms with E-state index >= 15 is 0 Å². The van der Waals surface area contributed by atoms with E-state index in [9.17, 15) is 20.2 Å². The minimum Gasteiger partial charge on any atom is -0.276 e. The number of hydrogen-bond acceptors (Lipinski definition) is 6. The Labute approximate surface area is 118 Å². The van der Waals surface area contributed by atoms with Gasteiger partial charge in [0.2, 0.25) is 0 Å². The number of nitro groups is 2. The zero-order valence-electron chi connectivity index (χ0n) is 10.0. The molecule has 0 aliphatic carbocycles. The van der Waals surface area contributed by atoms with Crippen LogP contribution in [0.3, 0.4) is 0 Å². The highest BCUT2D eigenvalue weighted by Gasteiger charge is 2.69. The number of nitrogens with zero attached hydrogens (tertiary/aromatic N) is 4. The molecule has 4 rings (SSSR count). The van der Waals surface area contributed by atoms with Crippen LogP contribution in [-0.4, -0.2) is 68.5 Å². The number of halogens is 1. The second-order valence-corrected chi connectivity index (χ2v) is 5.26. The molecule has 4 aliphatic rings. The lowest BCUT2D eigenvalue weighted by Crippen LogP contribution is -2.80. The molecule has 4 aliphatic heterocycles. The van der Waals surface area contributed by atoms with E-state index in [0.717, 1.165) is 0 Å². The monoisotopic (exact) mass is 370 g/mol. The van der Waals surface area contributed by atoms with E-state index < -0.39 is 11.1 Å². The van der Waals surface area contributed by atoms with Crippen LogP contribution in [0.15, 0.2) is 0 Å². The molecule has 0 unspecified atom stereocenters. The van der Waals surface area contributed by atoms with Crippen molar-refractivity contribution in [2.24, 2.45) is 0 Å². The average molecular weight is 370 g/mol. The van der Waals surface area contributed by atoms with Crippen molar-refractivity contribution in [3.63, 3.8) is 0 Å². The van der Waals surface area contributed by atoms with Gasteiger partial charge in [0.05, 0.1) is 39.3 Å². The largest absolute Gasteiger partial charge is 0.276 e. The van der Waals surface area contributed by atoms with Crippen molar-refractivity contribution in [3.05, 3.63) is 20.2 Å². The van der Waals surface area contributed by atoms with Gasteiger partial charge in [-0.1, -0.05) is 22.6 Å². The summed E-state index contributed by atoms with van der Waals surface area (Å²) in [5.41, 5.74) is -2.25. The molecule has 4 heterocycles. The highest BCUT2D eigenvalue weighted by molar-refractivity contribution is 14.1. The molecular weight excluding hydrogens is 355 g/mol. The Morgan fingerprint density at radius 3 is 1.56 bits per heavy atom. The van der Waals surface area contributed by atoms with Crippen LogP contribution >= 0.6 is 22.6 Å². The van der Waals surface area contributed by atoms with Crippen LogP contribution in [0.25, 0.3) is 0 Å². The minimum atomic E-state index is -1.12. The minimum absolute atomic E-state index is 0.0764. The molecule has 4 fully saturated rings. The van der Waals surface area contributed by atoms with E-state index in [-0.39, 0.29) is 16.3 Å². The summed E-state index contributed by atoms with van der Waals surface area (Å²) in [6.45, 7) is 2.04. The molecule has 4 bridgehead atoms. The van der Waals surface area contributed by atoms with E-state index in [4.69, 9.17) is 0 Å². The predicted molar refractivity (Wildman–Crippen MR) is 72.0 cm³/mol. The molecule has 18 heavy (non-hydrogen) atoms. The smallest absolute Gasteiger partial charge is 0.254 e. The van der Waals surface area contributed by atoms with Crippen molar-refractivity contribution in [1.29, 1.82) is 0 Å². The lowest BCUT2D eigenvalue weighted by Gasteiger charge is -2.55. The van der Waals surface area contributed by atoms with E-state index in [1.54, 1.807) is 0 Å². The Balaban J connectivity index is 0.000000574. The fourth-order valence-corrected chi connectivity index (χ4v) is 3.56. The van der Waals surface area contributed by atoms with E-state index in [1.165, 1.54) is 0 Å². The van der Waals surface area contributed by atoms with Gasteiger partial charge in [0.1, 0.15) is 0 Å². The summed E-state index contributed by atoms with van der Waals surface area (Å²) >= 11 is 2.15. The second-order valence-electron chi connectivity index (χ2n) is 5.26. The predicted octanol–water partition coefficient (Wildman–Crippen LogP) is 0.0610. The Hall–Kier alpha value is -0.550. The van der Waals surface area contributed by atoms with Crippen LogP contribution < -0.4 is 0 Å². The molecule has 0 spiro atoms. The topological polar surface area (TPSA) is 92.8 Å². The van der Waals surface area contributed by atoms with Crippen LogP contribution in [0, 0.1) is 20.2 Å². The molecule has 0 atom stereocenters. The summed E-state index contributed by atoms with van der Waals surface area (Å²) in [6, 6.07) is 0. The van der Waals surface area contributed by atoms with Crippen LogP contribution in [0.5, 0.6) is 0 Å². The first-order chi connectivity index (χ1) is 8.46. The lowest BCUT2D eigenvalue weighted by atomic mass is 9.72. The van der Waals surface area contributed by atoms with Crippen molar-refractivity contribution in [3.8, 4) is 0 Å². The lowest BCUT2D eigenvalue weighted by molar-refractivity contribution is -0.643. The van der Waals surface area contributed by atoms with Crippen LogP contribution in [0.4, 0.5) is 0 Å². The summed E-state index contributed by atoms with van der Waals surface area (Å²) in [6.07, 6.45) is 0.0764. The summed E-state index contributed by atoms with van der Waals surface area (Å²) in [5, 5.41) is 22.3. The molecule has 0 aromatic rings. The van der Waals surface area contributed by atoms with Crippen LogP contribution in [0.2, 0.25) is 0 Å². The third kappa shape index (κ3) is 1.88. The summed E-state index contributed by atoms with van der Waals surface area (Å²) in [5.74, 6) is 0. The van der Waals surface area contributed by atoms with E-state index in [0.29, 0.717) is 32.8 Å². The second kappa shape index (κ2) is 4.53. The first-order valence-electron chi connectivity index (χ1n) is 5.57. The molecule has 9 heteroatoms. The molecule has 0 aromatic carbocycles. The van der Waals surface area contributed by atoms with Gasteiger partial charge >= 0.3 is 0 Å². The Bertz CT molecular complexity index is 345. The van der Waals surface area contributed by atoms with Crippen molar-refractivity contribution in [2.45, 2.75) is 17.5 Å². The Kier molecular flexibility index (Phi) is 3.49. The molecular formula is C9H15IN4O4. The zero-order valence-corrected chi connectivity index (χ0v) is 12.2. The molecule has 0 radical (unpaired) electrons. The van der Waals surface area contributed by atoms with Gasteiger partial charge in [0, 0.05) is 9.85 Å². The van der Waals surface area contributed by atoms with Gasteiger partial charge in [-0.2, -0.15) is 0 Å². The van der Waals surface area contributed by atoms with Crippen LogP contribution in [0.1, 0.15) is 6.42 Å². The van der Waals surface area contributed by atoms with Gasteiger partial charge in [-0.05, 0) is 4.93 Å². The van der Waals surface area contributed by atoms with Gasteiger partial charge in [-0.3, -0.25) is 30.0 Å². The molecule has 8 nitrogen and oxygen atoms in total. The molecule has 0 saturated carbocycles. The number of alkyl halides is 1. The molecule has 102 valence electrons. The summed E-state index contributed by atoms with van der Waals surface area (Å²) in [7, 11) is 0. The third-order valence-corrected chi connectivity index (χ3v) is 3.90. The molecule has 0 aromatic heterocycles. The number of rotatable bonds is 2. The van der Waals surface area contributed by atoms with Gasteiger partial charge in [0.25, 0.3) is 11.1 Å². The number of piperidine rings is 2. The maximum Gasteiger partial charge on any atom is 0.254 e. The molecule has 0 amide bonds. The van der Waals surface area contributed by atoms with Gasteiger partial charge in [0.15, 0.2) is 0 Å². The summed E-state index contributed by atoms with van der Waals surface area (Å²) < 4.78 is 0. The summed E-state index contributed by atoms with van der Waals surface area (Å²) in [4.78, 5) is 27.3. The quantitative estimate of drug-likeness (QED) is 0.296. The SMILES string of the molecule is CI.O=[N+]([O-])C12CN3CN(C1)CC([N+](=O)[O-])(C3)C2. The van der Waals surface area contributed by atoms with Crippen molar-refractivity contribution >= 4 is 22.6 Å². The normalized spacial score (nSPS) is 44.1. The molecule has 4 saturated heterocycles. The van der Waals surface area contributed by atoms with Gasteiger partial charge < -0.3 is 0 Å². The van der Waals surface area contributed by atoms with Gasteiger partial charge in [-0.15, -0.1) is 0 Å². The first-order valence-corrected chi connectivity index (χ1v) is 7.73. The Morgan fingerprint density at radius 2 is 1.28 bits per heavy atom. The fourth-order valence-electron chi connectivity index (χ4n) is 3.56. The maximum absolute atomic E-state index is 11.1. The maximum atomic E-state index is 11.1. The van der Waals surface area contributed by atoms with E-state index in [2.05, 4.69) is 22.6 Å². The first kappa shape index (κ1) is 13.9. The average Bonchev–Trinajstić information content (AvgIpc) is 2.29. The number of hydrogen-bond donors (Lipinski definition) is 0. The van der Waals surface area contributed by atoms with Crippen molar-refractivity contribution in [2.75, 3.05) is 37.8 Å². The fraction of sp³-hybridized carbons (Fsp3) is 1.00. The Morgan fingerprint density at radius 1 is 0.944 bits per heavy atom. The van der Waals surface area contributed by atoms with Crippen LogP contribution in [-0.2, 0) is 0 Å². The zero-order chi connectivity index (χ0) is 13.6.